The number of aliphatic hydroxyl groups is 1. The molecule has 0 aliphatic heterocycles. The highest BCUT2D eigenvalue weighted by Gasteiger charge is 2.26. The Bertz CT molecular complexity index is 390. The molecule has 1 N–H and O–H groups in total. The summed E-state index contributed by atoms with van der Waals surface area (Å²) in [6, 6.07) is 0. The molecule has 0 saturated carbocycles. The van der Waals surface area contributed by atoms with Crippen LogP contribution in [-0.2, 0) is 4.79 Å². The van der Waals surface area contributed by atoms with Gasteiger partial charge in [-0.05, 0) is 38.6 Å². The van der Waals surface area contributed by atoms with E-state index < -0.39 is 5.60 Å². The molecule has 0 aromatic carbocycles. The molecule has 0 aliphatic carbocycles. The molecule has 5 heteroatoms. The average molecular weight is 276 g/mol. The van der Waals surface area contributed by atoms with Crippen LogP contribution in [0.3, 0.4) is 0 Å². The lowest BCUT2D eigenvalue weighted by Gasteiger charge is -2.29. The molecule has 0 spiro atoms. The van der Waals surface area contributed by atoms with Gasteiger partial charge in [0.25, 0.3) is 0 Å². The minimum atomic E-state index is -0.942. The lowest BCUT2D eigenvalue weighted by Crippen LogP contribution is -2.43. The molecule has 17 heavy (non-hydrogen) atoms. The number of anilines is 1. The SMILES string of the molecule is Cc1csc(C)c1N(CC(C)(C)O)C(=O)CCl. The first-order valence-electron chi connectivity index (χ1n) is 5.39. The van der Waals surface area contributed by atoms with Crippen LogP contribution in [0.1, 0.15) is 24.3 Å². The number of alkyl halides is 1. The van der Waals surface area contributed by atoms with Crippen molar-refractivity contribution in [2.75, 3.05) is 17.3 Å². The second kappa shape index (κ2) is 5.38. The van der Waals surface area contributed by atoms with Gasteiger partial charge in [0.05, 0.1) is 17.8 Å². The Labute approximate surface area is 111 Å². The van der Waals surface area contributed by atoms with Gasteiger partial charge in [0.15, 0.2) is 0 Å². The van der Waals surface area contributed by atoms with E-state index in [-0.39, 0.29) is 18.3 Å². The summed E-state index contributed by atoms with van der Waals surface area (Å²) < 4.78 is 0. The predicted octanol–water partition coefficient (Wildman–Crippen LogP) is 2.71. The standard InChI is InChI=1S/C12H18ClNO2S/c1-8-6-17-9(2)11(8)14(10(15)5-13)7-12(3,4)16/h6,16H,5,7H2,1-4H3. The first-order chi connectivity index (χ1) is 7.76. The summed E-state index contributed by atoms with van der Waals surface area (Å²) in [5, 5.41) is 11.9. The number of nitrogens with zero attached hydrogens (tertiary/aromatic N) is 1. The summed E-state index contributed by atoms with van der Waals surface area (Å²) >= 11 is 7.22. The zero-order valence-corrected chi connectivity index (χ0v) is 12.2. The zero-order valence-electron chi connectivity index (χ0n) is 10.6. The van der Waals surface area contributed by atoms with Crippen LogP contribution in [0.5, 0.6) is 0 Å². The quantitative estimate of drug-likeness (QED) is 0.859. The average Bonchev–Trinajstić information content (AvgIpc) is 2.53. The molecule has 0 aliphatic rings. The van der Waals surface area contributed by atoms with Gasteiger partial charge >= 0.3 is 0 Å². The third-order valence-electron chi connectivity index (χ3n) is 2.35. The Morgan fingerprint density at radius 3 is 2.47 bits per heavy atom. The summed E-state index contributed by atoms with van der Waals surface area (Å²) in [5.41, 5.74) is 0.973. The number of carbonyl (C=O) groups excluding carboxylic acids is 1. The molecule has 1 aromatic rings. The van der Waals surface area contributed by atoms with E-state index in [1.807, 2.05) is 19.2 Å². The first-order valence-corrected chi connectivity index (χ1v) is 6.81. The highest BCUT2D eigenvalue weighted by Crippen LogP contribution is 2.31. The topological polar surface area (TPSA) is 40.5 Å². The van der Waals surface area contributed by atoms with Gasteiger partial charge < -0.3 is 10.0 Å². The summed E-state index contributed by atoms with van der Waals surface area (Å²) in [5.74, 6) is -0.261. The van der Waals surface area contributed by atoms with Gasteiger partial charge in [0.1, 0.15) is 5.88 Å². The number of hydrogen-bond acceptors (Lipinski definition) is 3. The minimum absolute atomic E-state index is 0.0786. The van der Waals surface area contributed by atoms with E-state index >= 15 is 0 Å². The molecule has 0 unspecified atom stereocenters. The van der Waals surface area contributed by atoms with Crippen LogP contribution in [-0.4, -0.2) is 29.0 Å². The van der Waals surface area contributed by atoms with E-state index in [0.717, 1.165) is 16.1 Å². The van der Waals surface area contributed by atoms with Crippen molar-refractivity contribution in [2.24, 2.45) is 0 Å². The fraction of sp³-hybridized carbons (Fsp3) is 0.583. The maximum atomic E-state index is 11.9. The van der Waals surface area contributed by atoms with Crippen molar-refractivity contribution in [3.8, 4) is 0 Å². The Hall–Kier alpha value is -0.580. The van der Waals surface area contributed by atoms with Crippen LogP contribution in [0, 0.1) is 13.8 Å². The van der Waals surface area contributed by atoms with Gasteiger partial charge in [-0.3, -0.25) is 4.79 Å². The molecule has 1 heterocycles. The lowest BCUT2D eigenvalue weighted by atomic mass is 10.1. The third kappa shape index (κ3) is 3.69. The molecule has 0 atom stereocenters. The van der Waals surface area contributed by atoms with Crippen molar-refractivity contribution in [1.29, 1.82) is 0 Å². The largest absolute Gasteiger partial charge is 0.389 e. The number of thiophene rings is 1. The summed E-state index contributed by atoms with van der Waals surface area (Å²) in [7, 11) is 0. The number of aryl methyl sites for hydroxylation is 2. The van der Waals surface area contributed by atoms with E-state index in [1.54, 1.807) is 30.1 Å². The van der Waals surface area contributed by atoms with Gasteiger partial charge in [-0.1, -0.05) is 0 Å². The Morgan fingerprint density at radius 1 is 1.53 bits per heavy atom. The maximum absolute atomic E-state index is 11.9. The van der Waals surface area contributed by atoms with Crippen molar-refractivity contribution < 1.29 is 9.90 Å². The number of halogens is 1. The second-order valence-corrected chi connectivity index (χ2v) is 6.10. The highest BCUT2D eigenvalue weighted by molar-refractivity contribution is 7.10. The van der Waals surface area contributed by atoms with E-state index in [1.165, 1.54) is 0 Å². The van der Waals surface area contributed by atoms with Crippen molar-refractivity contribution in [3.05, 3.63) is 15.8 Å². The molecule has 1 rings (SSSR count). The van der Waals surface area contributed by atoms with Gasteiger partial charge in [-0.2, -0.15) is 0 Å². The second-order valence-electron chi connectivity index (χ2n) is 4.75. The summed E-state index contributed by atoms with van der Waals surface area (Å²) in [6.07, 6.45) is 0. The van der Waals surface area contributed by atoms with Crippen molar-refractivity contribution >= 4 is 34.5 Å². The van der Waals surface area contributed by atoms with Gasteiger partial charge in [-0.25, -0.2) is 0 Å². The van der Waals surface area contributed by atoms with Crippen LogP contribution in [0.2, 0.25) is 0 Å². The van der Waals surface area contributed by atoms with Crippen LogP contribution in [0.4, 0.5) is 5.69 Å². The van der Waals surface area contributed by atoms with E-state index in [0.29, 0.717) is 0 Å². The van der Waals surface area contributed by atoms with E-state index in [4.69, 9.17) is 11.6 Å². The summed E-state index contributed by atoms with van der Waals surface area (Å²) in [6.45, 7) is 7.53. The normalized spacial score (nSPS) is 11.6. The molecule has 0 saturated heterocycles. The van der Waals surface area contributed by atoms with Crippen LogP contribution < -0.4 is 4.90 Å². The molecule has 0 fully saturated rings. The lowest BCUT2D eigenvalue weighted by molar-refractivity contribution is -0.117. The molecule has 0 radical (unpaired) electrons. The fourth-order valence-electron chi connectivity index (χ4n) is 1.72. The number of carbonyl (C=O) groups is 1. The molecule has 0 bridgehead atoms. The van der Waals surface area contributed by atoms with Gasteiger partial charge in [0.2, 0.25) is 5.91 Å². The van der Waals surface area contributed by atoms with Crippen molar-refractivity contribution in [3.63, 3.8) is 0 Å². The predicted molar refractivity (Wildman–Crippen MR) is 73.2 cm³/mol. The zero-order chi connectivity index (χ0) is 13.2. The Kier molecular flexibility index (Phi) is 4.58. The number of hydrogen-bond donors (Lipinski definition) is 1. The van der Waals surface area contributed by atoms with Crippen molar-refractivity contribution in [2.45, 2.75) is 33.3 Å². The van der Waals surface area contributed by atoms with E-state index in [2.05, 4.69) is 0 Å². The highest BCUT2D eigenvalue weighted by atomic mass is 35.5. The molecular formula is C12H18ClNO2S. The monoisotopic (exact) mass is 275 g/mol. The third-order valence-corrected chi connectivity index (χ3v) is 3.60. The maximum Gasteiger partial charge on any atom is 0.242 e. The first kappa shape index (κ1) is 14.5. The number of amides is 1. The van der Waals surface area contributed by atoms with Crippen molar-refractivity contribution in [1.82, 2.24) is 0 Å². The van der Waals surface area contributed by atoms with E-state index in [9.17, 15) is 9.90 Å². The number of rotatable bonds is 4. The Morgan fingerprint density at radius 2 is 2.12 bits per heavy atom. The van der Waals surface area contributed by atoms with Gasteiger partial charge in [-0.15, -0.1) is 22.9 Å². The minimum Gasteiger partial charge on any atom is -0.389 e. The summed E-state index contributed by atoms with van der Waals surface area (Å²) in [4.78, 5) is 14.5. The molecule has 1 amide bonds. The Balaban J connectivity index is 3.11. The van der Waals surface area contributed by atoms with Crippen LogP contribution in [0.25, 0.3) is 0 Å². The van der Waals surface area contributed by atoms with Crippen LogP contribution >= 0.6 is 22.9 Å². The molecule has 96 valence electrons. The smallest absolute Gasteiger partial charge is 0.242 e. The molecular weight excluding hydrogens is 258 g/mol. The van der Waals surface area contributed by atoms with Crippen LogP contribution in [0.15, 0.2) is 5.38 Å². The van der Waals surface area contributed by atoms with Gasteiger partial charge in [0, 0.05) is 4.88 Å². The molecule has 3 nitrogen and oxygen atoms in total. The molecule has 1 aromatic heterocycles. The fourth-order valence-corrected chi connectivity index (χ4v) is 2.71.